The lowest BCUT2D eigenvalue weighted by Gasteiger charge is -2.20. The summed E-state index contributed by atoms with van der Waals surface area (Å²) >= 11 is 0. The number of hydrogen-bond donors (Lipinski definition) is 1. The molecule has 0 saturated heterocycles. The van der Waals surface area contributed by atoms with Gasteiger partial charge < -0.3 is 10.6 Å². The smallest absolute Gasteiger partial charge is 0.256 e. The van der Waals surface area contributed by atoms with Crippen molar-refractivity contribution in [3.63, 3.8) is 0 Å². The van der Waals surface area contributed by atoms with E-state index in [-0.39, 0.29) is 17.2 Å². The Hall–Kier alpha value is -2.10. The van der Waals surface area contributed by atoms with Gasteiger partial charge in [-0.2, -0.15) is 0 Å². The molecule has 17 heavy (non-hydrogen) atoms. The molecule has 0 spiro atoms. The predicted octanol–water partition coefficient (Wildman–Crippen LogP) is 2.22. The molecule has 0 atom stereocenters. The standard InChI is InChI=1S/C13H15FN2O/c1-3-7-16(8-4-2)13(17)11-9-10(14)5-6-12(11)15/h3-6,9H,1-2,7-8,15H2. The SMILES string of the molecule is C=CCN(CC=C)C(=O)c1cc(F)ccc1N. The first-order valence-electron chi connectivity index (χ1n) is 5.16. The van der Waals surface area contributed by atoms with Crippen LogP contribution >= 0.6 is 0 Å². The van der Waals surface area contributed by atoms with E-state index in [1.807, 2.05) is 0 Å². The number of carbonyl (C=O) groups excluding carboxylic acids is 1. The second-order valence-electron chi connectivity index (χ2n) is 3.52. The van der Waals surface area contributed by atoms with E-state index in [1.54, 1.807) is 12.2 Å². The highest BCUT2D eigenvalue weighted by Crippen LogP contribution is 2.15. The molecule has 2 N–H and O–H groups in total. The second-order valence-corrected chi connectivity index (χ2v) is 3.52. The van der Waals surface area contributed by atoms with Crippen LogP contribution < -0.4 is 5.73 Å². The van der Waals surface area contributed by atoms with Gasteiger partial charge in [0, 0.05) is 18.8 Å². The highest BCUT2D eigenvalue weighted by atomic mass is 19.1. The molecule has 0 aromatic heterocycles. The fourth-order valence-corrected chi connectivity index (χ4v) is 1.44. The van der Waals surface area contributed by atoms with Gasteiger partial charge in [0.25, 0.3) is 5.91 Å². The minimum Gasteiger partial charge on any atom is -0.398 e. The van der Waals surface area contributed by atoms with Crippen molar-refractivity contribution in [1.82, 2.24) is 4.90 Å². The van der Waals surface area contributed by atoms with E-state index in [9.17, 15) is 9.18 Å². The summed E-state index contributed by atoms with van der Waals surface area (Å²) in [6.45, 7) is 7.85. The van der Waals surface area contributed by atoms with E-state index in [4.69, 9.17) is 5.73 Å². The Morgan fingerprint density at radius 1 is 1.35 bits per heavy atom. The number of benzene rings is 1. The highest BCUT2D eigenvalue weighted by Gasteiger charge is 2.16. The Bertz CT molecular complexity index is 433. The third-order valence-electron chi connectivity index (χ3n) is 2.23. The number of amides is 1. The number of carbonyl (C=O) groups is 1. The largest absolute Gasteiger partial charge is 0.398 e. The molecule has 90 valence electrons. The summed E-state index contributed by atoms with van der Waals surface area (Å²) < 4.78 is 13.1. The third-order valence-corrected chi connectivity index (χ3v) is 2.23. The van der Waals surface area contributed by atoms with Gasteiger partial charge in [0.1, 0.15) is 5.82 Å². The lowest BCUT2D eigenvalue weighted by atomic mass is 10.1. The average molecular weight is 234 g/mol. The maximum Gasteiger partial charge on any atom is 0.256 e. The molecule has 0 radical (unpaired) electrons. The number of hydrogen-bond acceptors (Lipinski definition) is 2. The molecule has 0 heterocycles. The van der Waals surface area contributed by atoms with Crippen LogP contribution in [-0.2, 0) is 0 Å². The molecule has 0 aliphatic carbocycles. The molecule has 0 unspecified atom stereocenters. The topological polar surface area (TPSA) is 46.3 Å². The van der Waals surface area contributed by atoms with Crippen LogP contribution in [0.3, 0.4) is 0 Å². The molecule has 0 bridgehead atoms. The molecule has 1 aromatic carbocycles. The summed E-state index contributed by atoms with van der Waals surface area (Å²) in [5, 5.41) is 0. The van der Waals surface area contributed by atoms with E-state index < -0.39 is 5.82 Å². The van der Waals surface area contributed by atoms with Crippen LogP contribution in [0.15, 0.2) is 43.5 Å². The van der Waals surface area contributed by atoms with Gasteiger partial charge in [-0.25, -0.2) is 4.39 Å². The number of rotatable bonds is 5. The second kappa shape index (κ2) is 5.84. The Morgan fingerprint density at radius 3 is 2.47 bits per heavy atom. The van der Waals surface area contributed by atoms with E-state index in [1.165, 1.54) is 17.0 Å². The van der Waals surface area contributed by atoms with Crippen molar-refractivity contribution in [2.24, 2.45) is 0 Å². The number of halogens is 1. The molecule has 1 aromatic rings. The summed E-state index contributed by atoms with van der Waals surface area (Å²) in [6.07, 6.45) is 3.19. The van der Waals surface area contributed by atoms with Crippen molar-refractivity contribution in [3.05, 3.63) is 54.9 Å². The maximum absolute atomic E-state index is 13.1. The van der Waals surface area contributed by atoms with Gasteiger partial charge in [-0.15, -0.1) is 13.2 Å². The van der Waals surface area contributed by atoms with E-state index >= 15 is 0 Å². The summed E-state index contributed by atoms with van der Waals surface area (Å²) in [6, 6.07) is 3.73. The first-order valence-corrected chi connectivity index (χ1v) is 5.16. The van der Waals surface area contributed by atoms with E-state index in [2.05, 4.69) is 13.2 Å². The average Bonchev–Trinajstić information content (AvgIpc) is 2.31. The molecular formula is C13H15FN2O. The quantitative estimate of drug-likeness (QED) is 0.627. The lowest BCUT2D eigenvalue weighted by molar-refractivity contribution is 0.0791. The van der Waals surface area contributed by atoms with Gasteiger partial charge in [-0.05, 0) is 18.2 Å². The van der Waals surface area contributed by atoms with Crippen molar-refractivity contribution in [2.75, 3.05) is 18.8 Å². The van der Waals surface area contributed by atoms with Gasteiger partial charge in [-0.1, -0.05) is 12.2 Å². The van der Waals surface area contributed by atoms with Crippen LogP contribution in [0.2, 0.25) is 0 Å². The fourth-order valence-electron chi connectivity index (χ4n) is 1.44. The van der Waals surface area contributed by atoms with Crippen molar-refractivity contribution >= 4 is 11.6 Å². The van der Waals surface area contributed by atoms with Gasteiger partial charge >= 0.3 is 0 Å². The van der Waals surface area contributed by atoms with E-state index in [0.29, 0.717) is 13.1 Å². The normalized spacial score (nSPS) is 9.71. The fraction of sp³-hybridized carbons (Fsp3) is 0.154. The number of nitrogen functional groups attached to an aromatic ring is 1. The highest BCUT2D eigenvalue weighted by molar-refractivity contribution is 5.99. The lowest BCUT2D eigenvalue weighted by Crippen LogP contribution is -2.31. The molecule has 0 saturated carbocycles. The minimum atomic E-state index is -0.486. The maximum atomic E-state index is 13.1. The number of nitrogens with two attached hydrogens (primary N) is 1. The summed E-state index contributed by atoms with van der Waals surface area (Å²) in [4.78, 5) is 13.6. The van der Waals surface area contributed by atoms with Gasteiger partial charge in [0.05, 0.1) is 5.56 Å². The molecule has 0 aliphatic heterocycles. The predicted molar refractivity (Wildman–Crippen MR) is 67.1 cm³/mol. The van der Waals surface area contributed by atoms with Crippen LogP contribution in [0.25, 0.3) is 0 Å². The Labute approximate surface area is 100 Å². The van der Waals surface area contributed by atoms with Crippen molar-refractivity contribution in [1.29, 1.82) is 0 Å². The van der Waals surface area contributed by atoms with Crippen molar-refractivity contribution in [3.8, 4) is 0 Å². The summed E-state index contributed by atoms with van der Waals surface area (Å²) in [5.74, 6) is -0.818. The zero-order valence-electron chi connectivity index (χ0n) is 9.53. The Balaban J connectivity index is 3.03. The van der Waals surface area contributed by atoms with Crippen molar-refractivity contribution < 1.29 is 9.18 Å². The van der Waals surface area contributed by atoms with Gasteiger partial charge in [-0.3, -0.25) is 4.79 Å². The number of anilines is 1. The zero-order chi connectivity index (χ0) is 12.8. The Morgan fingerprint density at radius 2 is 1.94 bits per heavy atom. The first-order chi connectivity index (χ1) is 8.10. The molecule has 0 fully saturated rings. The van der Waals surface area contributed by atoms with Crippen molar-refractivity contribution in [2.45, 2.75) is 0 Å². The molecule has 4 heteroatoms. The van der Waals surface area contributed by atoms with Gasteiger partial charge in [0.2, 0.25) is 0 Å². The summed E-state index contributed by atoms with van der Waals surface area (Å²) in [5.41, 5.74) is 6.07. The minimum absolute atomic E-state index is 0.161. The van der Waals surface area contributed by atoms with Crippen LogP contribution in [0.1, 0.15) is 10.4 Å². The molecule has 1 rings (SSSR count). The van der Waals surface area contributed by atoms with Crippen LogP contribution in [0.5, 0.6) is 0 Å². The van der Waals surface area contributed by atoms with E-state index in [0.717, 1.165) is 6.07 Å². The molecule has 3 nitrogen and oxygen atoms in total. The monoisotopic (exact) mass is 234 g/mol. The first kappa shape index (κ1) is 13.0. The zero-order valence-corrected chi connectivity index (χ0v) is 9.53. The number of nitrogens with zero attached hydrogens (tertiary/aromatic N) is 1. The van der Waals surface area contributed by atoms with Crippen LogP contribution in [0.4, 0.5) is 10.1 Å². The third kappa shape index (κ3) is 3.17. The molecule has 0 aliphatic rings. The Kier molecular flexibility index (Phi) is 4.46. The van der Waals surface area contributed by atoms with Crippen LogP contribution in [0, 0.1) is 5.82 Å². The molecule has 1 amide bonds. The molecular weight excluding hydrogens is 219 g/mol. The van der Waals surface area contributed by atoms with Crippen LogP contribution in [-0.4, -0.2) is 23.9 Å². The van der Waals surface area contributed by atoms with Gasteiger partial charge in [0.15, 0.2) is 0 Å². The summed E-state index contributed by atoms with van der Waals surface area (Å²) in [7, 11) is 0.